The minimum Gasteiger partial charge on any atom is -0.330 e. The molecule has 0 aromatic carbocycles. The van der Waals surface area contributed by atoms with E-state index in [4.69, 9.17) is 10.8 Å². The molecule has 4 nitrogen and oxygen atoms in total. The zero-order valence-electron chi connectivity index (χ0n) is 13.6. The smallest absolute Gasteiger partial charge is 0.0687 e. The number of nitrogens with two attached hydrogens (primary N) is 1. The lowest BCUT2D eigenvalue weighted by Gasteiger charge is -2.24. The van der Waals surface area contributed by atoms with Crippen molar-refractivity contribution in [2.75, 3.05) is 6.54 Å². The summed E-state index contributed by atoms with van der Waals surface area (Å²) in [4.78, 5) is 4.10. The first kappa shape index (κ1) is 15.2. The first-order chi connectivity index (χ1) is 10.7. The van der Waals surface area contributed by atoms with Gasteiger partial charge in [0.2, 0.25) is 0 Å². The molecule has 2 heterocycles. The van der Waals surface area contributed by atoms with Gasteiger partial charge in [-0.2, -0.15) is 5.10 Å². The second kappa shape index (κ2) is 6.61. The molecule has 1 aliphatic rings. The summed E-state index contributed by atoms with van der Waals surface area (Å²) in [6, 6.07) is 4.15. The summed E-state index contributed by atoms with van der Waals surface area (Å²) in [6.07, 6.45) is 8.43. The summed E-state index contributed by atoms with van der Waals surface area (Å²) in [5.41, 5.74) is 11.3. The third-order valence-corrected chi connectivity index (χ3v) is 4.64. The van der Waals surface area contributed by atoms with Crippen LogP contribution >= 0.6 is 0 Å². The predicted octanol–water partition coefficient (Wildman–Crippen LogP) is 3.22. The van der Waals surface area contributed by atoms with Crippen molar-refractivity contribution in [2.45, 2.75) is 57.9 Å². The van der Waals surface area contributed by atoms with Crippen molar-refractivity contribution in [1.82, 2.24) is 14.8 Å². The molecule has 118 valence electrons. The molecule has 1 aliphatic carbocycles. The number of fused-ring (bicyclic) bond motifs is 1. The molecular weight excluding hydrogens is 272 g/mol. The van der Waals surface area contributed by atoms with Gasteiger partial charge in [-0.1, -0.05) is 13.8 Å². The van der Waals surface area contributed by atoms with Gasteiger partial charge in [0.25, 0.3) is 0 Å². The van der Waals surface area contributed by atoms with Crippen LogP contribution in [0.3, 0.4) is 0 Å². The van der Waals surface area contributed by atoms with E-state index in [0.717, 1.165) is 25.9 Å². The summed E-state index contributed by atoms with van der Waals surface area (Å²) in [5, 5.41) is 4.97. The molecule has 2 N–H and O–H groups in total. The predicted molar refractivity (Wildman–Crippen MR) is 89.0 cm³/mol. The SMILES string of the molecule is CC(C)c1nn(Cc2ccncc2)c2c1C(CCN)CCC2. The van der Waals surface area contributed by atoms with Gasteiger partial charge in [-0.05, 0) is 67.3 Å². The molecule has 22 heavy (non-hydrogen) atoms. The molecule has 0 aliphatic heterocycles. The van der Waals surface area contributed by atoms with Gasteiger partial charge >= 0.3 is 0 Å². The molecule has 1 unspecified atom stereocenters. The fourth-order valence-electron chi connectivity index (χ4n) is 3.61. The fourth-order valence-corrected chi connectivity index (χ4v) is 3.61. The Morgan fingerprint density at radius 2 is 2.09 bits per heavy atom. The minimum absolute atomic E-state index is 0.464. The molecule has 2 aromatic heterocycles. The van der Waals surface area contributed by atoms with E-state index in [-0.39, 0.29) is 0 Å². The molecule has 0 fully saturated rings. The second-order valence-electron chi connectivity index (χ2n) is 6.58. The number of hydrogen-bond acceptors (Lipinski definition) is 3. The molecule has 2 aromatic rings. The van der Waals surface area contributed by atoms with Crippen LogP contribution in [0.1, 0.15) is 67.5 Å². The van der Waals surface area contributed by atoms with Gasteiger partial charge in [-0.3, -0.25) is 9.67 Å². The lowest BCUT2D eigenvalue weighted by atomic mass is 9.81. The Hall–Kier alpha value is -1.68. The van der Waals surface area contributed by atoms with E-state index >= 15 is 0 Å². The Balaban J connectivity index is 1.99. The number of hydrogen-bond donors (Lipinski definition) is 1. The average Bonchev–Trinajstić information content (AvgIpc) is 2.89. The molecule has 0 spiro atoms. The summed E-state index contributed by atoms with van der Waals surface area (Å²) in [6.45, 7) is 6.09. The summed E-state index contributed by atoms with van der Waals surface area (Å²) >= 11 is 0. The third-order valence-electron chi connectivity index (χ3n) is 4.64. The summed E-state index contributed by atoms with van der Waals surface area (Å²) in [5.74, 6) is 1.06. The number of aromatic nitrogens is 3. The maximum absolute atomic E-state index is 5.84. The normalized spacial score (nSPS) is 17.7. The van der Waals surface area contributed by atoms with Crippen LogP contribution in [0.4, 0.5) is 0 Å². The highest BCUT2D eigenvalue weighted by atomic mass is 15.3. The molecule has 0 saturated carbocycles. The highest BCUT2D eigenvalue weighted by Gasteiger charge is 2.29. The van der Waals surface area contributed by atoms with Crippen LogP contribution < -0.4 is 5.73 Å². The van der Waals surface area contributed by atoms with Crippen molar-refractivity contribution in [3.8, 4) is 0 Å². The van der Waals surface area contributed by atoms with E-state index in [9.17, 15) is 0 Å². The standard InChI is InChI=1S/C18H26N4/c1-13(2)18-17-15(6-9-19)4-3-5-16(17)22(21-18)12-14-7-10-20-11-8-14/h7-8,10-11,13,15H,3-6,9,12,19H2,1-2H3. The van der Waals surface area contributed by atoms with Crippen LogP contribution in [0.2, 0.25) is 0 Å². The topological polar surface area (TPSA) is 56.7 Å². The van der Waals surface area contributed by atoms with Gasteiger partial charge < -0.3 is 5.73 Å². The first-order valence-corrected chi connectivity index (χ1v) is 8.39. The van der Waals surface area contributed by atoms with Crippen molar-refractivity contribution in [3.05, 3.63) is 47.0 Å². The van der Waals surface area contributed by atoms with Gasteiger partial charge in [-0.25, -0.2) is 0 Å². The van der Waals surface area contributed by atoms with E-state index in [1.165, 1.54) is 35.4 Å². The van der Waals surface area contributed by atoms with Gasteiger partial charge in [0, 0.05) is 18.1 Å². The number of nitrogens with zero attached hydrogens (tertiary/aromatic N) is 3. The van der Waals surface area contributed by atoms with E-state index < -0.39 is 0 Å². The molecule has 0 bridgehead atoms. The van der Waals surface area contributed by atoms with Crippen molar-refractivity contribution < 1.29 is 0 Å². The van der Waals surface area contributed by atoms with Gasteiger partial charge in [0.15, 0.2) is 0 Å². The van der Waals surface area contributed by atoms with Crippen molar-refractivity contribution in [3.63, 3.8) is 0 Å². The number of rotatable bonds is 5. The Kier molecular flexibility index (Phi) is 4.57. The molecule has 3 rings (SSSR count). The number of pyridine rings is 1. The van der Waals surface area contributed by atoms with Crippen molar-refractivity contribution >= 4 is 0 Å². The highest BCUT2D eigenvalue weighted by molar-refractivity contribution is 5.35. The fraction of sp³-hybridized carbons (Fsp3) is 0.556. The lowest BCUT2D eigenvalue weighted by Crippen LogP contribution is -2.16. The molecule has 0 saturated heterocycles. The maximum atomic E-state index is 5.84. The van der Waals surface area contributed by atoms with Gasteiger partial charge in [-0.15, -0.1) is 0 Å². The van der Waals surface area contributed by atoms with Crippen LogP contribution in [-0.2, 0) is 13.0 Å². The lowest BCUT2D eigenvalue weighted by molar-refractivity contribution is 0.504. The monoisotopic (exact) mass is 298 g/mol. The van der Waals surface area contributed by atoms with E-state index in [2.05, 4.69) is 35.6 Å². The van der Waals surface area contributed by atoms with Gasteiger partial charge in [0.1, 0.15) is 0 Å². The Labute approximate surface area is 132 Å². The molecule has 4 heteroatoms. The largest absolute Gasteiger partial charge is 0.330 e. The summed E-state index contributed by atoms with van der Waals surface area (Å²) in [7, 11) is 0. The van der Waals surface area contributed by atoms with Crippen LogP contribution in [-0.4, -0.2) is 21.3 Å². The van der Waals surface area contributed by atoms with E-state index in [0.29, 0.717) is 11.8 Å². The molecule has 1 atom stereocenters. The zero-order valence-corrected chi connectivity index (χ0v) is 13.6. The second-order valence-corrected chi connectivity index (χ2v) is 6.58. The maximum Gasteiger partial charge on any atom is 0.0687 e. The molecule has 0 amide bonds. The average molecular weight is 298 g/mol. The Morgan fingerprint density at radius 1 is 1.32 bits per heavy atom. The Bertz CT molecular complexity index is 616. The third kappa shape index (κ3) is 2.93. The van der Waals surface area contributed by atoms with E-state index in [1.54, 1.807) is 0 Å². The van der Waals surface area contributed by atoms with Crippen molar-refractivity contribution in [2.24, 2.45) is 5.73 Å². The van der Waals surface area contributed by atoms with Crippen LogP contribution in [0.25, 0.3) is 0 Å². The van der Waals surface area contributed by atoms with Crippen LogP contribution in [0, 0.1) is 0 Å². The highest BCUT2D eigenvalue weighted by Crippen LogP contribution is 2.38. The first-order valence-electron chi connectivity index (χ1n) is 8.39. The quantitative estimate of drug-likeness (QED) is 0.922. The Morgan fingerprint density at radius 3 is 2.77 bits per heavy atom. The summed E-state index contributed by atoms with van der Waals surface area (Å²) < 4.78 is 2.22. The van der Waals surface area contributed by atoms with Crippen LogP contribution in [0.5, 0.6) is 0 Å². The zero-order chi connectivity index (χ0) is 15.5. The molecule has 0 radical (unpaired) electrons. The van der Waals surface area contributed by atoms with Crippen LogP contribution in [0.15, 0.2) is 24.5 Å². The molecular formula is C18H26N4. The van der Waals surface area contributed by atoms with Gasteiger partial charge in [0.05, 0.1) is 12.2 Å². The van der Waals surface area contributed by atoms with E-state index in [1.807, 2.05) is 12.4 Å². The van der Waals surface area contributed by atoms with Crippen molar-refractivity contribution in [1.29, 1.82) is 0 Å². The minimum atomic E-state index is 0.464.